The van der Waals surface area contributed by atoms with Crippen LogP contribution in [0.5, 0.6) is 0 Å². The van der Waals surface area contributed by atoms with E-state index in [0.29, 0.717) is 12.8 Å². The number of H-pyrrole nitrogens is 1. The molecule has 2 heterocycles. The molecule has 1 aromatic rings. The molecule has 0 aromatic carbocycles. The molecule has 8 nitrogen and oxygen atoms in total. The van der Waals surface area contributed by atoms with E-state index < -0.39 is 32.7 Å². The van der Waals surface area contributed by atoms with Gasteiger partial charge in [-0.05, 0) is 12.8 Å². The van der Waals surface area contributed by atoms with Crippen molar-refractivity contribution in [2.75, 3.05) is 13.1 Å². The predicted molar refractivity (Wildman–Crippen MR) is 59.5 cm³/mol. The standard InChI is InChI=1S/C9H13N3O5S/c13-6-2-1-3-12(5-6)18(16,17)8-7(9(14)15)4-10-11-8/h4,6,13H,1-3,5H2,(H,10,11)(H,14,15)/t6-/m0/s1. The molecule has 0 spiro atoms. The van der Waals surface area contributed by atoms with Crippen molar-refractivity contribution in [1.29, 1.82) is 0 Å². The van der Waals surface area contributed by atoms with E-state index in [-0.39, 0.29) is 13.1 Å². The van der Waals surface area contributed by atoms with E-state index in [1.165, 1.54) is 0 Å². The number of hydrogen-bond donors (Lipinski definition) is 3. The minimum absolute atomic E-state index is 0.0274. The fraction of sp³-hybridized carbons (Fsp3) is 0.556. The van der Waals surface area contributed by atoms with Crippen LogP contribution in [-0.2, 0) is 10.0 Å². The van der Waals surface area contributed by atoms with E-state index in [4.69, 9.17) is 5.11 Å². The minimum Gasteiger partial charge on any atom is -0.478 e. The lowest BCUT2D eigenvalue weighted by Gasteiger charge is -2.28. The maximum absolute atomic E-state index is 12.2. The highest BCUT2D eigenvalue weighted by Crippen LogP contribution is 2.21. The molecule has 9 heteroatoms. The number of aromatic carboxylic acids is 1. The van der Waals surface area contributed by atoms with Crippen molar-refractivity contribution >= 4 is 16.0 Å². The zero-order chi connectivity index (χ0) is 13.3. The van der Waals surface area contributed by atoms with Gasteiger partial charge in [0.1, 0.15) is 5.56 Å². The fourth-order valence-electron chi connectivity index (χ4n) is 1.89. The van der Waals surface area contributed by atoms with E-state index in [1.54, 1.807) is 0 Å². The first kappa shape index (κ1) is 13.0. The van der Waals surface area contributed by atoms with Crippen LogP contribution in [0.2, 0.25) is 0 Å². The Morgan fingerprint density at radius 1 is 1.56 bits per heavy atom. The van der Waals surface area contributed by atoms with Crippen molar-refractivity contribution in [3.05, 3.63) is 11.8 Å². The Kier molecular flexibility index (Phi) is 3.37. The van der Waals surface area contributed by atoms with Crippen molar-refractivity contribution in [2.24, 2.45) is 0 Å². The summed E-state index contributed by atoms with van der Waals surface area (Å²) in [6.07, 6.45) is 1.32. The molecule has 1 aromatic heterocycles. The van der Waals surface area contributed by atoms with Gasteiger partial charge in [-0.15, -0.1) is 0 Å². The minimum atomic E-state index is -3.95. The maximum Gasteiger partial charge on any atom is 0.340 e. The number of piperidine rings is 1. The second-order valence-electron chi connectivity index (χ2n) is 4.08. The number of carbonyl (C=O) groups is 1. The first-order valence-corrected chi connectivity index (χ1v) is 6.82. The largest absolute Gasteiger partial charge is 0.478 e. The molecule has 1 aliphatic rings. The van der Waals surface area contributed by atoms with Gasteiger partial charge in [0.25, 0.3) is 10.0 Å². The summed E-state index contributed by atoms with van der Waals surface area (Å²) in [5.74, 6) is -1.36. The number of β-amino-alcohol motifs (C(OH)–C–C–N with tert-alkyl or cyclic N) is 1. The highest BCUT2D eigenvalue weighted by molar-refractivity contribution is 7.89. The Hall–Kier alpha value is -1.45. The summed E-state index contributed by atoms with van der Waals surface area (Å²) in [7, 11) is -3.95. The zero-order valence-corrected chi connectivity index (χ0v) is 10.2. The van der Waals surface area contributed by atoms with Crippen LogP contribution in [0.25, 0.3) is 0 Å². The van der Waals surface area contributed by atoms with Crippen LogP contribution < -0.4 is 0 Å². The predicted octanol–water partition coefficient (Wildman–Crippen LogP) is -0.747. The fourth-order valence-corrected chi connectivity index (χ4v) is 3.47. The molecule has 0 aliphatic carbocycles. The van der Waals surface area contributed by atoms with Crippen molar-refractivity contribution in [2.45, 2.75) is 24.0 Å². The molecule has 18 heavy (non-hydrogen) atoms. The molecule has 0 amide bonds. The summed E-state index contributed by atoms with van der Waals surface area (Å²) in [6.45, 7) is 0.234. The van der Waals surface area contributed by atoms with Crippen molar-refractivity contribution in [3.63, 3.8) is 0 Å². The number of hydrogen-bond acceptors (Lipinski definition) is 5. The lowest BCUT2D eigenvalue weighted by molar-refractivity contribution is 0.0692. The highest BCUT2D eigenvalue weighted by Gasteiger charge is 2.33. The monoisotopic (exact) mass is 275 g/mol. The average Bonchev–Trinajstić information content (AvgIpc) is 2.78. The van der Waals surface area contributed by atoms with Crippen LogP contribution in [0.1, 0.15) is 23.2 Å². The molecule has 3 N–H and O–H groups in total. The van der Waals surface area contributed by atoms with Gasteiger partial charge in [-0.25, -0.2) is 13.2 Å². The number of nitrogens with zero attached hydrogens (tertiary/aromatic N) is 2. The van der Waals surface area contributed by atoms with Crippen LogP contribution in [0.4, 0.5) is 0 Å². The number of rotatable bonds is 3. The molecule has 2 rings (SSSR count). The third-order valence-electron chi connectivity index (χ3n) is 2.79. The van der Waals surface area contributed by atoms with E-state index in [9.17, 15) is 18.3 Å². The topological polar surface area (TPSA) is 124 Å². The van der Waals surface area contributed by atoms with Gasteiger partial charge in [0, 0.05) is 13.1 Å². The molecular weight excluding hydrogens is 262 g/mol. The molecule has 1 aliphatic heterocycles. The Balaban J connectivity index is 2.36. The van der Waals surface area contributed by atoms with Crippen molar-refractivity contribution in [3.8, 4) is 0 Å². The summed E-state index contributed by atoms with van der Waals surface area (Å²) < 4.78 is 25.5. The first-order valence-electron chi connectivity index (χ1n) is 5.38. The number of carboxylic acids is 1. The van der Waals surface area contributed by atoms with Crippen LogP contribution in [-0.4, -0.2) is 58.3 Å². The Morgan fingerprint density at radius 2 is 2.28 bits per heavy atom. The van der Waals surface area contributed by atoms with Gasteiger partial charge in [0.05, 0.1) is 12.3 Å². The second-order valence-corrected chi connectivity index (χ2v) is 5.95. The summed E-state index contributed by atoms with van der Waals surface area (Å²) >= 11 is 0. The molecular formula is C9H13N3O5S. The average molecular weight is 275 g/mol. The Morgan fingerprint density at radius 3 is 2.89 bits per heavy atom. The molecule has 0 bridgehead atoms. The van der Waals surface area contributed by atoms with Crippen molar-refractivity contribution < 1.29 is 23.4 Å². The van der Waals surface area contributed by atoms with E-state index >= 15 is 0 Å². The third kappa shape index (κ3) is 2.24. The molecule has 1 fully saturated rings. The van der Waals surface area contributed by atoms with Crippen LogP contribution >= 0.6 is 0 Å². The number of nitrogens with one attached hydrogen (secondary N) is 1. The molecule has 100 valence electrons. The smallest absolute Gasteiger partial charge is 0.340 e. The van der Waals surface area contributed by atoms with Crippen molar-refractivity contribution in [1.82, 2.24) is 14.5 Å². The number of carboxylic acid groups (broad SMARTS) is 1. The summed E-state index contributed by atoms with van der Waals surface area (Å²) in [5, 5.41) is 23.6. The Labute approximate surface area is 103 Å². The molecule has 1 saturated heterocycles. The van der Waals surface area contributed by atoms with Crippen LogP contribution in [0.3, 0.4) is 0 Å². The van der Waals surface area contributed by atoms with Gasteiger partial charge in [-0.3, -0.25) is 5.10 Å². The zero-order valence-electron chi connectivity index (χ0n) is 9.40. The summed E-state index contributed by atoms with van der Waals surface area (Å²) in [5.41, 5.74) is -0.393. The Bertz CT molecular complexity index is 552. The quantitative estimate of drug-likeness (QED) is 0.667. The van der Waals surface area contributed by atoms with Gasteiger partial charge in [0.2, 0.25) is 0 Å². The number of aliphatic hydroxyl groups excluding tert-OH is 1. The summed E-state index contributed by atoms with van der Waals surface area (Å²) in [6, 6.07) is 0. The molecule has 0 unspecified atom stereocenters. The van der Waals surface area contributed by atoms with E-state index in [0.717, 1.165) is 10.5 Å². The van der Waals surface area contributed by atoms with Gasteiger partial charge in [-0.1, -0.05) is 0 Å². The van der Waals surface area contributed by atoms with E-state index in [2.05, 4.69) is 10.2 Å². The number of sulfonamides is 1. The van der Waals surface area contributed by atoms with Gasteiger partial charge < -0.3 is 10.2 Å². The third-order valence-corrected chi connectivity index (χ3v) is 4.63. The molecule has 1 atom stereocenters. The molecule has 0 radical (unpaired) electrons. The van der Waals surface area contributed by atoms with E-state index in [1.807, 2.05) is 0 Å². The molecule has 0 saturated carbocycles. The van der Waals surface area contributed by atoms with Crippen LogP contribution in [0, 0.1) is 0 Å². The number of aliphatic hydroxyl groups is 1. The first-order chi connectivity index (χ1) is 8.43. The lowest BCUT2D eigenvalue weighted by atomic mass is 10.1. The SMILES string of the molecule is O=C(O)c1cn[nH]c1S(=O)(=O)N1CCC[C@H](O)C1. The number of aromatic nitrogens is 2. The highest BCUT2D eigenvalue weighted by atomic mass is 32.2. The second kappa shape index (κ2) is 4.67. The van der Waals surface area contributed by atoms with Gasteiger partial charge >= 0.3 is 5.97 Å². The maximum atomic E-state index is 12.2. The lowest BCUT2D eigenvalue weighted by Crippen LogP contribution is -2.42. The van der Waals surface area contributed by atoms with Crippen LogP contribution in [0.15, 0.2) is 11.2 Å². The number of aromatic amines is 1. The van der Waals surface area contributed by atoms with Gasteiger partial charge in [-0.2, -0.15) is 9.40 Å². The summed E-state index contributed by atoms with van der Waals surface area (Å²) in [4.78, 5) is 10.9. The van der Waals surface area contributed by atoms with Gasteiger partial charge in [0.15, 0.2) is 5.03 Å². The normalized spacial score (nSPS) is 21.9.